The Morgan fingerprint density at radius 2 is 1.39 bits per heavy atom. The van der Waals surface area contributed by atoms with Crippen LogP contribution >= 0.6 is 0 Å². The van der Waals surface area contributed by atoms with Gasteiger partial charge in [-0.15, -0.1) is 0 Å². The van der Waals surface area contributed by atoms with Gasteiger partial charge in [0.2, 0.25) is 0 Å². The van der Waals surface area contributed by atoms with Gasteiger partial charge >= 0.3 is 11.4 Å². The van der Waals surface area contributed by atoms with E-state index in [4.69, 9.17) is 4.74 Å². The molecule has 6 nitrogen and oxygen atoms in total. The monoisotopic (exact) mass is 413 g/mol. The van der Waals surface area contributed by atoms with Crippen LogP contribution in [-0.2, 0) is 17.3 Å². The predicted octanol–water partition coefficient (Wildman–Crippen LogP) is 2.16. The highest BCUT2D eigenvalue weighted by Crippen LogP contribution is 2.93. The summed E-state index contributed by atoms with van der Waals surface area (Å²) in [6.07, 6.45) is -0.194. The van der Waals surface area contributed by atoms with Crippen molar-refractivity contribution in [1.29, 1.82) is 0 Å². The first kappa shape index (κ1) is 16.8. The number of ether oxygens (including phenoxy) is 1. The van der Waals surface area contributed by atoms with Crippen molar-refractivity contribution < 1.29 is 4.74 Å². The maximum absolute atomic E-state index is 13.2. The standard InChI is InChI=1S/C25H23N3O3/c1-26-23(29)27-21-17-15-16-18(21)20(16)25(19(15)17,28(27)24(26)30)12-31-22(13-8-4-2-5-9-13)14-10-6-3-7-11-14/h2-11,15-22H,12H2,1H3/t15-,16+,17-,18+,19+,20-,21?,25?. The van der Waals surface area contributed by atoms with Crippen molar-refractivity contribution in [3.8, 4) is 0 Å². The van der Waals surface area contributed by atoms with Gasteiger partial charge in [0.15, 0.2) is 0 Å². The minimum Gasteiger partial charge on any atom is -0.366 e. The van der Waals surface area contributed by atoms with E-state index in [1.165, 1.54) is 4.57 Å². The molecule has 2 aliphatic heterocycles. The maximum Gasteiger partial charge on any atom is 0.347 e. The van der Waals surface area contributed by atoms with Gasteiger partial charge in [0.25, 0.3) is 0 Å². The van der Waals surface area contributed by atoms with E-state index in [2.05, 4.69) is 24.3 Å². The van der Waals surface area contributed by atoms with Crippen molar-refractivity contribution in [3.05, 3.63) is 92.8 Å². The summed E-state index contributed by atoms with van der Waals surface area (Å²) in [5.74, 6) is 3.48. The van der Waals surface area contributed by atoms with E-state index in [0.717, 1.165) is 11.1 Å². The molecule has 4 saturated carbocycles. The largest absolute Gasteiger partial charge is 0.366 e. The van der Waals surface area contributed by atoms with E-state index in [9.17, 15) is 9.59 Å². The molecule has 9 rings (SSSR count). The van der Waals surface area contributed by atoms with Crippen molar-refractivity contribution >= 4 is 0 Å². The molecule has 2 unspecified atom stereocenters. The van der Waals surface area contributed by atoms with Gasteiger partial charge in [-0.05, 0) is 46.6 Å². The molecule has 0 N–H and O–H groups in total. The molecule has 3 heterocycles. The summed E-state index contributed by atoms with van der Waals surface area (Å²) in [7, 11) is 1.61. The molecule has 4 aliphatic carbocycles. The minimum atomic E-state index is -0.362. The normalized spacial score (nSPS) is 39.1. The summed E-state index contributed by atoms with van der Waals surface area (Å²) in [4.78, 5) is 26.1. The fourth-order valence-corrected chi connectivity index (χ4v) is 8.32. The van der Waals surface area contributed by atoms with Crippen molar-refractivity contribution in [1.82, 2.24) is 13.9 Å². The van der Waals surface area contributed by atoms with E-state index in [-0.39, 0.29) is 29.1 Å². The number of benzene rings is 2. The number of rotatable bonds is 5. The highest BCUT2D eigenvalue weighted by molar-refractivity contribution is 5.42. The van der Waals surface area contributed by atoms with E-state index < -0.39 is 0 Å². The van der Waals surface area contributed by atoms with Crippen LogP contribution in [0.4, 0.5) is 0 Å². The number of aromatic nitrogens is 3. The lowest BCUT2D eigenvalue weighted by Crippen LogP contribution is -2.59. The van der Waals surface area contributed by atoms with Crippen molar-refractivity contribution in [2.75, 3.05) is 6.61 Å². The zero-order chi connectivity index (χ0) is 20.6. The number of nitrogens with zero attached hydrogens (tertiary/aromatic N) is 3. The third kappa shape index (κ3) is 1.68. The Morgan fingerprint density at radius 3 is 1.94 bits per heavy atom. The van der Waals surface area contributed by atoms with Crippen LogP contribution in [0.1, 0.15) is 23.3 Å². The second kappa shape index (κ2) is 5.13. The van der Waals surface area contributed by atoms with E-state index in [0.29, 0.717) is 42.1 Å². The Hall–Kier alpha value is -2.86. The first-order valence-electron chi connectivity index (χ1n) is 11.3. The van der Waals surface area contributed by atoms with Crippen LogP contribution in [0.15, 0.2) is 70.3 Å². The van der Waals surface area contributed by atoms with Gasteiger partial charge in [0.05, 0.1) is 18.2 Å². The van der Waals surface area contributed by atoms with Gasteiger partial charge in [-0.3, -0.25) is 0 Å². The third-order valence-corrected chi connectivity index (χ3v) is 9.18. The van der Waals surface area contributed by atoms with E-state index in [1.807, 2.05) is 45.8 Å². The molecule has 3 aromatic rings. The smallest absolute Gasteiger partial charge is 0.347 e. The topological polar surface area (TPSA) is 58.2 Å². The number of hydrogen-bond acceptors (Lipinski definition) is 3. The second-order valence-electron chi connectivity index (χ2n) is 10.1. The quantitative estimate of drug-likeness (QED) is 0.644. The Kier molecular flexibility index (Phi) is 2.78. The fraction of sp³-hybridized carbons (Fsp3) is 0.440. The second-order valence-corrected chi connectivity index (χ2v) is 10.1. The van der Waals surface area contributed by atoms with Crippen LogP contribution in [0.25, 0.3) is 0 Å². The van der Waals surface area contributed by atoms with Gasteiger partial charge in [-0.2, -0.15) is 0 Å². The molecule has 0 saturated heterocycles. The molecule has 1 aromatic heterocycles. The van der Waals surface area contributed by atoms with Gasteiger partial charge < -0.3 is 4.74 Å². The molecule has 31 heavy (non-hydrogen) atoms. The first-order chi connectivity index (χ1) is 15.2. The average molecular weight is 413 g/mol. The first-order valence-corrected chi connectivity index (χ1v) is 11.3. The van der Waals surface area contributed by atoms with Crippen LogP contribution in [0.5, 0.6) is 0 Å². The molecule has 2 bridgehead atoms. The lowest BCUT2D eigenvalue weighted by molar-refractivity contribution is -0.0674. The van der Waals surface area contributed by atoms with Crippen molar-refractivity contribution in [2.24, 2.45) is 42.6 Å². The molecule has 2 aromatic carbocycles. The summed E-state index contributed by atoms with van der Waals surface area (Å²) < 4.78 is 11.7. The molecule has 6 aliphatic rings. The third-order valence-electron chi connectivity index (χ3n) is 9.18. The van der Waals surface area contributed by atoms with E-state index in [1.54, 1.807) is 7.05 Å². The zero-order valence-electron chi connectivity index (χ0n) is 17.2. The lowest BCUT2D eigenvalue weighted by Gasteiger charge is -2.47. The van der Waals surface area contributed by atoms with Crippen LogP contribution in [0.3, 0.4) is 0 Å². The highest BCUT2D eigenvalue weighted by atomic mass is 16.5. The fourth-order valence-electron chi connectivity index (χ4n) is 8.32. The molecule has 156 valence electrons. The summed E-state index contributed by atoms with van der Waals surface area (Å²) in [5, 5.41) is 0. The molecule has 0 spiro atoms. The summed E-state index contributed by atoms with van der Waals surface area (Å²) in [6.45, 7) is 0.479. The van der Waals surface area contributed by atoms with Crippen molar-refractivity contribution in [3.63, 3.8) is 0 Å². The van der Waals surface area contributed by atoms with Crippen LogP contribution in [0.2, 0.25) is 0 Å². The lowest BCUT2D eigenvalue weighted by atomic mass is 9.77. The highest BCUT2D eigenvalue weighted by Gasteiger charge is 2.95. The maximum atomic E-state index is 13.2. The molecular weight excluding hydrogens is 390 g/mol. The Bertz CT molecular complexity index is 1290. The molecule has 0 amide bonds. The molecule has 0 radical (unpaired) electrons. The SMILES string of the molecule is Cn1c(=O)n2n(c1=O)C1(COC(c3ccccc3)c3ccccc3)[C@@H]3[C@@H]4C2[C@H]2[C@H]([C@H]43)[C@H]21. The van der Waals surface area contributed by atoms with Crippen LogP contribution < -0.4 is 11.4 Å². The van der Waals surface area contributed by atoms with Crippen molar-refractivity contribution in [2.45, 2.75) is 17.7 Å². The zero-order valence-corrected chi connectivity index (χ0v) is 17.2. The van der Waals surface area contributed by atoms with Gasteiger partial charge in [-0.1, -0.05) is 60.7 Å². The van der Waals surface area contributed by atoms with Gasteiger partial charge in [-0.25, -0.2) is 23.5 Å². The molecule has 8 atom stereocenters. The van der Waals surface area contributed by atoms with Crippen LogP contribution in [-0.4, -0.2) is 20.5 Å². The molecule has 4 fully saturated rings. The Morgan fingerprint density at radius 1 is 0.839 bits per heavy atom. The van der Waals surface area contributed by atoms with Gasteiger partial charge in [0, 0.05) is 7.05 Å². The average Bonchev–Trinajstić information content (AvgIpc) is 3.66. The molecular formula is C25H23N3O3. The summed E-state index contributed by atoms with van der Waals surface area (Å²) in [5.41, 5.74) is 1.53. The van der Waals surface area contributed by atoms with E-state index >= 15 is 0 Å². The van der Waals surface area contributed by atoms with Gasteiger partial charge in [0.1, 0.15) is 6.10 Å². The number of hydrogen-bond donors (Lipinski definition) is 0. The summed E-state index contributed by atoms with van der Waals surface area (Å²) in [6, 6.07) is 20.8. The summed E-state index contributed by atoms with van der Waals surface area (Å²) >= 11 is 0. The minimum absolute atomic E-state index is 0.155. The van der Waals surface area contributed by atoms with Crippen LogP contribution in [0, 0.1) is 35.5 Å². The Labute approximate surface area is 178 Å². The predicted molar refractivity (Wildman–Crippen MR) is 113 cm³/mol. The Balaban J connectivity index is 1.25. The molecule has 6 heteroatoms.